The van der Waals surface area contributed by atoms with Gasteiger partial charge in [0.25, 0.3) is 0 Å². The molecule has 0 aliphatic carbocycles. The van der Waals surface area contributed by atoms with Crippen molar-refractivity contribution in [2.45, 2.75) is 12.7 Å². The fraction of sp³-hybridized carbons (Fsp3) is 0.154. The molecule has 1 aromatic heterocycles. The highest BCUT2D eigenvalue weighted by molar-refractivity contribution is 7.10. The molecule has 2 aromatic rings. The molecular formula is C13H12O3S. The lowest BCUT2D eigenvalue weighted by Crippen LogP contribution is -2.14. The third-order valence-electron chi connectivity index (χ3n) is 2.26. The van der Waals surface area contributed by atoms with Crippen molar-refractivity contribution in [1.29, 1.82) is 0 Å². The van der Waals surface area contributed by atoms with Crippen LogP contribution in [0.3, 0.4) is 0 Å². The predicted octanol–water partition coefficient (Wildman–Crippen LogP) is 2.52. The second kappa shape index (κ2) is 5.61. The fourth-order valence-electron chi connectivity index (χ4n) is 1.37. The second-order valence-corrected chi connectivity index (χ2v) is 4.49. The molecule has 88 valence electrons. The van der Waals surface area contributed by atoms with Crippen molar-refractivity contribution >= 4 is 17.3 Å². The van der Waals surface area contributed by atoms with E-state index in [4.69, 9.17) is 4.74 Å². The first-order valence-corrected chi connectivity index (χ1v) is 6.07. The third-order valence-corrected chi connectivity index (χ3v) is 3.18. The summed E-state index contributed by atoms with van der Waals surface area (Å²) in [6.07, 6.45) is -1.18. The van der Waals surface area contributed by atoms with E-state index >= 15 is 0 Å². The van der Waals surface area contributed by atoms with Gasteiger partial charge in [-0.2, -0.15) is 0 Å². The number of carbonyl (C=O) groups excluding carboxylic acids is 1. The zero-order valence-corrected chi connectivity index (χ0v) is 9.89. The van der Waals surface area contributed by atoms with Gasteiger partial charge in [-0.15, -0.1) is 11.3 Å². The van der Waals surface area contributed by atoms with Crippen molar-refractivity contribution < 1.29 is 14.6 Å². The molecule has 0 saturated carbocycles. The Hall–Kier alpha value is -1.65. The first-order valence-electron chi connectivity index (χ1n) is 5.19. The standard InChI is InChI=1S/C13H12O3S/c14-12(11-7-4-8-17-11)13(15)16-9-10-5-2-1-3-6-10/h1-8,12,14H,9H2. The molecule has 4 heteroatoms. The van der Waals surface area contributed by atoms with Gasteiger partial charge in [-0.3, -0.25) is 0 Å². The van der Waals surface area contributed by atoms with Crippen molar-refractivity contribution in [2.24, 2.45) is 0 Å². The van der Waals surface area contributed by atoms with Crippen LogP contribution < -0.4 is 0 Å². The van der Waals surface area contributed by atoms with Crippen LogP contribution in [0.4, 0.5) is 0 Å². The highest BCUT2D eigenvalue weighted by Crippen LogP contribution is 2.20. The molecule has 0 radical (unpaired) electrons. The van der Waals surface area contributed by atoms with Gasteiger partial charge < -0.3 is 9.84 Å². The molecule has 2 rings (SSSR count). The molecule has 0 spiro atoms. The van der Waals surface area contributed by atoms with Crippen LogP contribution in [0, 0.1) is 0 Å². The molecule has 1 N–H and O–H groups in total. The van der Waals surface area contributed by atoms with E-state index in [0.29, 0.717) is 4.88 Å². The number of aliphatic hydroxyl groups is 1. The largest absolute Gasteiger partial charge is 0.459 e. The van der Waals surface area contributed by atoms with E-state index in [-0.39, 0.29) is 6.61 Å². The van der Waals surface area contributed by atoms with Gasteiger partial charge in [0.2, 0.25) is 0 Å². The Balaban J connectivity index is 1.90. The van der Waals surface area contributed by atoms with Crippen LogP contribution in [0.5, 0.6) is 0 Å². The number of benzene rings is 1. The number of hydrogen-bond acceptors (Lipinski definition) is 4. The summed E-state index contributed by atoms with van der Waals surface area (Å²) >= 11 is 1.33. The quantitative estimate of drug-likeness (QED) is 0.846. The summed E-state index contributed by atoms with van der Waals surface area (Å²) in [7, 11) is 0. The topological polar surface area (TPSA) is 46.5 Å². The van der Waals surface area contributed by atoms with Crippen LogP contribution in [-0.4, -0.2) is 11.1 Å². The number of rotatable bonds is 4. The van der Waals surface area contributed by atoms with Crippen LogP contribution in [-0.2, 0) is 16.1 Å². The third kappa shape index (κ3) is 3.15. The lowest BCUT2D eigenvalue weighted by molar-refractivity contribution is -0.155. The maximum Gasteiger partial charge on any atom is 0.340 e. The lowest BCUT2D eigenvalue weighted by atomic mass is 10.2. The van der Waals surface area contributed by atoms with Crippen LogP contribution in [0.2, 0.25) is 0 Å². The van der Waals surface area contributed by atoms with Crippen LogP contribution in [0.1, 0.15) is 16.5 Å². The predicted molar refractivity (Wildman–Crippen MR) is 65.5 cm³/mol. The maximum atomic E-state index is 11.5. The van der Waals surface area contributed by atoms with E-state index < -0.39 is 12.1 Å². The SMILES string of the molecule is O=C(OCc1ccccc1)C(O)c1cccs1. The molecule has 1 unspecified atom stereocenters. The van der Waals surface area contributed by atoms with Crippen molar-refractivity contribution in [3.05, 3.63) is 58.3 Å². The van der Waals surface area contributed by atoms with Gasteiger partial charge in [-0.05, 0) is 17.0 Å². The number of thiophene rings is 1. The molecule has 0 aliphatic rings. The Kier molecular flexibility index (Phi) is 3.90. The molecule has 0 bridgehead atoms. The summed E-state index contributed by atoms with van der Waals surface area (Å²) in [6, 6.07) is 12.9. The minimum atomic E-state index is -1.18. The highest BCUT2D eigenvalue weighted by Gasteiger charge is 2.19. The molecule has 0 saturated heterocycles. The second-order valence-electron chi connectivity index (χ2n) is 3.51. The number of carbonyl (C=O) groups is 1. The zero-order chi connectivity index (χ0) is 12.1. The lowest BCUT2D eigenvalue weighted by Gasteiger charge is -2.08. The summed E-state index contributed by atoms with van der Waals surface area (Å²) in [5.74, 6) is -0.615. The van der Waals surface area contributed by atoms with Gasteiger partial charge in [0.05, 0.1) is 0 Å². The van der Waals surface area contributed by atoms with Gasteiger partial charge in [0.1, 0.15) is 6.61 Å². The number of hydrogen-bond donors (Lipinski definition) is 1. The van der Waals surface area contributed by atoms with Gasteiger partial charge in [0, 0.05) is 4.88 Å². The van der Waals surface area contributed by atoms with Crippen LogP contribution >= 0.6 is 11.3 Å². The van der Waals surface area contributed by atoms with Gasteiger partial charge >= 0.3 is 5.97 Å². The van der Waals surface area contributed by atoms with Crippen molar-refractivity contribution in [2.75, 3.05) is 0 Å². The first kappa shape index (κ1) is 11.8. The van der Waals surface area contributed by atoms with E-state index in [1.54, 1.807) is 12.1 Å². The van der Waals surface area contributed by atoms with E-state index in [1.807, 2.05) is 35.7 Å². The maximum absolute atomic E-state index is 11.5. The van der Waals surface area contributed by atoms with Crippen molar-refractivity contribution in [3.8, 4) is 0 Å². The number of esters is 1. The Morgan fingerprint density at radius 3 is 2.65 bits per heavy atom. The van der Waals surface area contributed by atoms with E-state index in [2.05, 4.69) is 0 Å². The summed E-state index contributed by atoms with van der Waals surface area (Å²) in [6.45, 7) is 0.183. The number of aliphatic hydroxyl groups excluding tert-OH is 1. The fourth-order valence-corrected chi connectivity index (χ4v) is 2.07. The Labute approximate surface area is 103 Å². The van der Waals surface area contributed by atoms with Gasteiger partial charge in [-0.1, -0.05) is 36.4 Å². The monoisotopic (exact) mass is 248 g/mol. The molecule has 1 aromatic carbocycles. The molecule has 1 atom stereocenters. The smallest absolute Gasteiger partial charge is 0.340 e. The average Bonchev–Trinajstić information content (AvgIpc) is 2.90. The Bertz CT molecular complexity index is 465. The van der Waals surface area contributed by atoms with E-state index in [9.17, 15) is 9.90 Å². The Morgan fingerprint density at radius 1 is 1.24 bits per heavy atom. The molecule has 1 heterocycles. The van der Waals surface area contributed by atoms with E-state index in [1.165, 1.54) is 11.3 Å². The zero-order valence-electron chi connectivity index (χ0n) is 9.08. The van der Waals surface area contributed by atoms with Crippen molar-refractivity contribution in [3.63, 3.8) is 0 Å². The molecule has 17 heavy (non-hydrogen) atoms. The molecule has 0 amide bonds. The highest BCUT2D eigenvalue weighted by atomic mass is 32.1. The molecule has 0 aliphatic heterocycles. The van der Waals surface area contributed by atoms with Gasteiger partial charge in [-0.25, -0.2) is 4.79 Å². The van der Waals surface area contributed by atoms with Gasteiger partial charge in [0.15, 0.2) is 6.10 Å². The van der Waals surface area contributed by atoms with Crippen LogP contribution in [0.15, 0.2) is 47.8 Å². The average molecular weight is 248 g/mol. The minimum Gasteiger partial charge on any atom is -0.459 e. The molecule has 0 fully saturated rings. The molecule has 3 nitrogen and oxygen atoms in total. The van der Waals surface area contributed by atoms with Crippen molar-refractivity contribution in [1.82, 2.24) is 0 Å². The summed E-state index contributed by atoms with van der Waals surface area (Å²) < 4.78 is 5.03. The normalized spacial score (nSPS) is 12.1. The Morgan fingerprint density at radius 2 is 2.00 bits per heavy atom. The summed E-state index contributed by atoms with van der Waals surface area (Å²) in [5.41, 5.74) is 0.902. The summed E-state index contributed by atoms with van der Waals surface area (Å²) in [5, 5.41) is 11.5. The molecular weight excluding hydrogens is 236 g/mol. The number of ether oxygens (including phenoxy) is 1. The van der Waals surface area contributed by atoms with Crippen LogP contribution in [0.25, 0.3) is 0 Å². The van der Waals surface area contributed by atoms with E-state index in [0.717, 1.165) is 5.56 Å². The summed E-state index contributed by atoms with van der Waals surface area (Å²) in [4.78, 5) is 12.1. The minimum absolute atomic E-state index is 0.183. The first-order chi connectivity index (χ1) is 8.27.